The quantitative estimate of drug-likeness (QED) is 0.388. The second-order valence-corrected chi connectivity index (χ2v) is 8.34. The molecule has 4 rings (SSSR count). The normalized spacial score (nSPS) is 10.9. The van der Waals surface area contributed by atoms with Gasteiger partial charge >= 0.3 is 0 Å². The first-order chi connectivity index (χ1) is 14.6. The molecule has 1 amide bonds. The molecule has 0 saturated heterocycles. The Morgan fingerprint density at radius 3 is 2.20 bits per heavy atom. The molecule has 30 heavy (non-hydrogen) atoms. The minimum absolute atomic E-state index is 0.00542. The number of anilines is 1. The van der Waals surface area contributed by atoms with E-state index < -0.39 is 0 Å². The molecule has 0 bridgehead atoms. The van der Waals surface area contributed by atoms with Gasteiger partial charge in [0.05, 0.1) is 5.69 Å². The van der Waals surface area contributed by atoms with Crippen LogP contribution in [0.1, 0.15) is 34.6 Å². The summed E-state index contributed by atoms with van der Waals surface area (Å²) in [6, 6.07) is 26.7. The monoisotopic (exact) mass is 412 g/mol. The van der Waals surface area contributed by atoms with Gasteiger partial charge in [-0.1, -0.05) is 78.4 Å². The van der Waals surface area contributed by atoms with Crippen LogP contribution in [0.4, 0.5) is 5.13 Å². The number of amides is 1. The molecule has 150 valence electrons. The number of aromatic nitrogens is 1. The average molecular weight is 413 g/mol. The Morgan fingerprint density at radius 2 is 1.57 bits per heavy atom. The zero-order valence-electron chi connectivity index (χ0n) is 17.1. The van der Waals surface area contributed by atoms with Gasteiger partial charge in [0.15, 0.2) is 5.13 Å². The largest absolute Gasteiger partial charge is 0.302 e. The van der Waals surface area contributed by atoms with Gasteiger partial charge in [-0.25, -0.2) is 4.98 Å². The van der Waals surface area contributed by atoms with E-state index in [1.54, 1.807) is 0 Å². The van der Waals surface area contributed by atoms with Crippen LogP contribution in [0.15, 0.2) is 84.2 Å². The Balaban J connectivity index is 1.52. The molecule has 4 heteroatoms. The smallest absolute Gasteiger partial charge is 0.227 e. The van der Waals surface area contributed by atoms with E-state index in [1.165, 1.54) is 22.5 Å². The van der Waals surface area contributed by atoms with E-state index in [2.05, 4.69) is 66.6 Å². The molecule has 3 nitrogen and oxygen atoms in total. The van der Waals surface area contributed by atoms with Gasteiger partial charge in [-0.3, -0.25) is 4.79 Å². The summed E-state index contributed by atoms with van der Waals surface area (Å²) in [6.07, 6.45) is 0.367. The van der Waals surface area contributed by atoms with Crippen molar-refractivity contribution in [1.82, 2.24) is 4.98 Å². The van der Waals surface area contributed by atoms with Gasteiger partial charge in [0.1, 0.15) is 0 Å². The van der Waals surface area contributed by atoms with Crippen molar-refractivity contribution in [3.8, 4) is 11.3 Å². The van der Waals surface area contributed by atoms with Crippen molar-refractivity contribution in [2.45, 2.75) is 26.2 Å². The van der Waals surface area contributed by atoms with E-state index in [4.69, 9.17) is 0 Å². The van der Waals surface area contributed by atoms with Crippen LogP contribution in [0.25, 0.3) is 11.3 Å². The third kappa shape index (κ3) is 4.66. The molecule has 4 aromatic rings. The Kier molecular flexibility index (Phi) is 6.05. The first-order valence-corrected chi connectivity index (χ1v) is 10.9. The van der Waals surface area contributed by atoms with Crippen molar-refractivity contribution in [3.05, 3.63) is 106 Å². The third-order valence-corrected chi connectivity index (χ3v) is 5.97. The zero-order valence-corrected chi connectivity index (χ0v) is 17.9. The van der Waals surface area contributed by atoms with E-state index in [0.717, 1.165) is 22.4 Å². The predicted molar refractivity (Wildman–Crippen MR) is 125 cm³/mol. The van der Waals surface area contributed by atoms with Gasteiger partial charge in [0.2, 0.25) is 5.91 Å². The molecule has 1 aromatic heterocycles. The van der Waals surface area contributed by atoms with Crippen molar-refractivity contribution in [3.63, 3.8) is 0 Å². The molecular weight excluding hydrogens is 388 g/mol. The fourth-order valence-electron chi connectivity index (χ4n) is 3.62. The lowest BCUT2D eigenvalue weighted by Gasteiger charge is -2.17. The highest BCUT2D eigenvalue weighted by Crippen LogP contribution is 2.30. The Bertz CT molecular complexity index is 1100. The van der Waals surface area contributed by atoms with Crippen molar-refractivity contribution < 1.29 is 4.79 Å². The van der Waals surface area contributed by atoms with E-state index in [0.29, 0.717) is 11.6 Å². The molecule has 0 fully saturated rings. The van der Waals surface area contributed by atoms with Gasteiger partial charge in [0.25, 0.3) is 0 Å². The van der Waals surface area contributed by atoms with E-state index in [1.807, 2.05) is 41.8 Å². The lowest BCUT2D eigenvalue weighted by atomic mass is 9.88. The van der Waals surface area contributed by atoms with Gasteiger partial charge < -0.3 is 5.32 Å². The Hall–Kier alpha value is -3.24. The molecule has 0 aliphatic rings. The third-order valence-electron chi connectivity index (χ3n) is 5.21. The highest BCUT2D eigenvalue weighted by atomic mass is 32.1. The molecule has 1 N–H and O–H groups in total. The summed E-state index contributed by atoms with van der Waals surface area (Å²) in [7, 11) is 0. The fraction of sp³-hybridized carbons (Fsp3) is 0.154. The van der Waals surface area contributed by atoms with E-state index in [9.17, 15) is 4.79 Å². The lowest BCUT2D eigenvalue weighted by Crippen LogP contribution is -2.16. The Morgan fingerprint density at radius 1 is 0.933 bits per heavy atom. The number of carbonyl (C=O) groups excluding carboxylic acids is 1. The number of nitrogens with zero attached hydrogens (tertiary/aromatic N) is 1. The van der Waals surface area contributed by atoms with Crippen LogP contribution in [-0.4, -0.2) is 10.9 Å². The first-order valence-electron chi connectivity index (χ1n) is 10.0. The minimum Gasteiger partial charge on any atom is -0.302 e. The van der Waals surface area contributed by atoms with Crippen LogP contribution < -0.4 is 5.32 Å². The maximum atomic E-state index is 12.9. The van der Waals surface area contributed by atoms with E-state index in [-0.39, 0.29) is 11.8 Å². The van der Waals surface area contributed by atoms with Crippen molar-refractivity contribution in [2.75, 3.05) is 5.32 Å². The van der Waals surface area contributed by atoms with Gasteiger partial charge in [-0.15, -0.1) is 11.3 Å². The van der Waals surface area contributed by atoms with Crippen LogP contribution in [0.2, 0.25) is 0 Å². The van der Waals surface area contributed by atoms with Gasteiger partial charge in [-0.2, -0.15) is 0 Å². The molecule has 3 aromatic carbocycles. The molecule has 0 spiro atoms. The number of rotatable bonds is 6. The molecule has 0 radical (unpaired) electrons. The summed E-state index contributed by atoms with van der Waals surface area (Å²) in [5, 5.41) is 5.64. The minimum atomic E-state index is -0.0328. The summed E-state index contributed by atoms with van der Waals surface area (Å²) in [4.78, 5) is 17.6. The van der Waals surface area contributed by atoms with Crippen LogP contribution in [0.3, 0.4) is 0 Å². The number of nitrogens with one attached hydrogen (secondary N) is 1. The number of hydrogen-bond donors (Lipinski definition) is 1. The average Bonchev–Trinajstić information content (AvgIpc) is 3.23. The molecule has 0 saturated carbocycles. The predicted octanol–water partition coefficient (Wildman–Crippen LogP) is 6.59. The topological polar surface area (TPSA) is 42.0 Å². The van der Waals surface area contributed by atoms with Crippen LogP contribution >= 0.6 is 11.3 Å². The Labute approximate surface area is 181 Å². The van der Waals surface area contributed by atoms with Crippen molar-refractivity contribution >= 4 is 22.4 Å². The van der Waals surface area contributed by atoms with Gasteiger partial charge in [0, 0.05) is 23.3 Å². The van der Waals surface area contributed by atoms with Crippen molar-refractivity contribution in [1.29, 1.82) is 0 Å². The number of aryl methyl sites for hydroxylation is 2. The second kappa shape index (κ2) is 9.06. The fourth-order valence-corrected chi connectivity index (χ4v) is 4.35. The number of carbonyl (C=O) groups is 1. The van der Waals surface area contributed by atoms with Gasteiger partial charge in [-0.05, 0) is 36.6 Å². The summed E-state index contributed by atoms with van der Waals surface area (Å²) < 4.78 is 0. The van der Waals surface area contributed by atoms with Crippen molar-refractivity contribution in [2.24, 2.45) is 0 Å². The van der Waals surface area contributed by atoms with Crippen LogP contribution in [0, 0.1) is 13.8 Å². The summed E-state index contributed by atoms with van der Waals surface area (Å²) in [5.74, 6) is -0.0274. The number of benzene rings is 3. The standard InChI is InChI=1S/C26H24N2OS/c1-18-13-14-19(2)22(15-18)24-17-30-26(27-24)28-25(29)16-23(20-9-5-3-6-10-20)21-11-7-4-8-12-21/h3-15,17,23H,16H2,1-2H3,(H,27,28,29). The second-order valence-electron chi connectivity index (χ2n) is 7.48. The highest BCUT2D eigenvalue weighted by Gasteiger charge is 2.19. The molecule has 0 unspecified atom stereocenters. The zero-order chi connectivity index (χ0) is 20.9. The molecule has 0 aliphatic carbocycles. The number of thiazole rings is 1. The summed E-state index contributed by atoms with van der Waals surface area (Å²) in [5.41, 5.74) is 6.65. The molecular formula is C26H24N2OS. The molecule has 0 atom stereocenters. The first kappa shape index (κ1) is 20.0. The molecule has 1 heterocycles. The maximum Gasteiger partial charge on any atom is 0.227 e. The lowest BCUT2D eigenvalue weighted by molar-refractivity contribution is -0.116. The number of hydrogen-bond acceptors (Lipinski definition) is 3. The summed E-state index contributed by atoms with van der Waals surface area (Å²) in [6.45, 7) is 4.15. The van der Waals surface area contributed by atoms with Crippen LogP contribution in [0.5, 0.6) is 0 Å². The SMILES string of the molecule is Cc1ccc(C)c(-c2csc(NC(=O)CC(c3ccccc3)c3ccccc3)n2)c1. The maximum absolute atomic E-state index is 12.9. The highest BCUT2D eigenvalue weighted by molar-refractivity contribution is 7.14. The van der Waals surface area contributed by atoms with E-state index >= 15 is 0 Å². The molecule has 0 aliphatic heterocycles. The van der Waals surface area contributed by atoms with Crippen LogP contribution in [-0.2, 0) is 4.79 Å². The summed E-state index contributed by atoms with van der Waals surface area (Å²) >= 11 is 1.46.